The summed E-state index contributed by atoms with van der Waals surface area (Å²) < 4.78 is 33.2. The number of amides is 1. The molecule has 0 aromatic heterocycles. The van der Waals surface area contributed by atoms with Crippen LogP contribution in [0.15, 0.2) is 42.5 Å². The first-order valence-corrected chi connectivity index (χ1v) is 6.12. The van der Waals surface area contributed by atoms with Crippen LogP contribution in [0, 0.1) is 5.82 Å². The van der Waals surface area contributed by atoms with Crippen LogP contribution in [0.5, 0.6) is 5.75 Å². The summed E-state index contributed by atoms with van der Waals surface area (Å²) in [5.74, 6) is -4.40. The number of carboxylic acid groups (broad SMARTS) is 1. The van der Waals surface area contributed by atoms with Gasteiger partial charge in [0.15, 0.2) is 11.6 Å². The van der Waals surface area contributed by atoms with E-state index in [9.17, 15) is 18.5 Å². The lowest BCUT2D eigenvalue weighted by Gasteiger charge is -2.16. The summed E-state index contributed by atoms with van der Waals surface area (Å²) in [5, 5.41) is 8.51. The fraction of sp³-hybridized carbons (Fsp3) is 0.0667. The van der Waals surface area contributed by atoms with Crippen molar-refractivity contribution >= 4 is 17.6 Å². The molecule has 0 saturated heterocycles. The Hall–Kier alpha value is -2.96. The van der Waals surface area contributed by atoms with Gasteiger partial charge in [0.05, 0.1) is 12.7 Å². The lowest BCUT2D eigenvalue weighted by atomic mass is 10.1. The number of hydrogen-bond donors (Lipinski definition) is 1. The van der Waals surface area contributed by atoms with Crippen LogP contribution in [0.25, 0.3) is 0 Å². The molecule has 5 nitrogen and oxygen atoms in total. The number of carboxylic acids is 1. The van der Waals surface area contributed by atoms with E-state index in [1.165, 1.54) is 24.3 Å². The van der Waals surface area contributed by atoms with Crippen molar-refractivity contribution in [3.05, 3.63) is 59.4 Å². The number of anilines is 1. The zero-order valence-corrected chi connectivity index (χ0v) is 11.4. The van der Waals surface area contributed by atoms with Gasteiger partial charge in [0.2, 0.25) is 0 Å². The minimum atomic E-state index is -1.57. The van der Waals surface area contributed by atoms with E-state index >= 15 is 0 Å². The number of ether oxygens (including phenoxy) is 1. The van der Waals surface area contributed by atoms with E-state index in [1.807, 2.05) is 0 Å². The van der Waals surface area contributed by atoms with E-state index in [0.717, 1.165) is 19.2 Å². The van der Waals surface area contributed by atoms with Crippen molar-refractivity contribution < 1.29 is 28.3 Å². The minimum absolute atomic E-state index is 0.0523. The zero-order valence-electron chi connectivity index (χ0n) is 11.4. The molecule has 114 valence electrons. The second-order valence-electron chi connectivity index (χ2n) is 4.24. The summed E-state index contributed by atoms with van der Waals surface area (Å²) in [4.78, 5) is 23.1. The molecule has 0 fully saturated rings. The molecule has 1 amide bonds. The number of carbonyl (C=O) groups excluding carboxylic acids is 1. The fourth-order valence-electron chi connectivity index (χ4n) is 1.86. The van der Waals surface area contributed by atoms with Crippen LogP contribution < -0.4 is 9.86 Å². The Morgan fingerprint density at radius 1 is 1.14 bits per heavy atom. The molecule has 0 unspecified atom stereocenters. The van der Waals surface area contributed by atoms with Crippen LogP contribution in [0.4, 0.5) is 14.6 Å². The number of hydrogen-bond acceptors (Lipinski definition) is 3. The number of methoxy groups -OCH3 is 1. The third kappa shape index (κ3) is 2.73. The monoisotopic (exact) mass is 307 g/mol. The third-order valence-corrected chi connectivity index (χ3v) is 2.93. The predicted molar refractivity (Wildman–Crippen MR) is 74.3 cm³/mol. The Morgan fingerprint density at radius 2 is 1.77 bits per heavy atom. The highest BCUT2D eigenvalue weighted by molar-refractivity contribution is 6.08. The lowest BCUT2D eigenvalue weighted by Crippen LogP contribution is -2.25. The van der Waals surface area contributed by atoms with Crippen molar-refractivity contribution in [1.29, 1.82) is 0 Å². The van der Waals surface area contributed by atoms with Gasteiger partial charge in [0.25, 0.3) is 5.91 Å². The topological polar surface area (TPSA) is 66.8 Å². The van der Waals surface area contributed by atoms with Gasteiger partial charge < -0.3 is 9.84 Å². The highest BCUT2D eigenvalue weighted by Gasteiger charge is 2.28. The third-order valence-electron chi connectivity index (χ3n) is 2.93. The molecule has 2 aromatic rings. The van der Waals surface area contributed by atoms with Gasteiger partial charge in [-0.1, -0.05) is 22.7 Å². The van der Waals surface area contributed by atoms with Crippen LogP contribution in [0.1, 0.15) is 20.7 Å². The number of aromatic carboxylic acids is 1. The Labute approximate surface area is 124 Å². The fourth-order valence-corrected chi connectivity index (χ4v) is 1.86. The quantitative estimate of drug-likeness (QED) is 0.882. The van der Waals surface area contributed by atoms with Crippen molar-refractivity contribution in [2.45, 2.75) is 0 Å². The molecule has 7 heteroatoms. The van der Waals surface area contributed by atoms with Crippen LogP contribution in [0.3, 0.4) is 0 Å². The first kappa shape index (κ1) is 15.4. The van der Waals surface area contributed by atoms with Crippen molar-refractivity contribution in [3.63, 3.8) is 0 Å². The molecule has 0 heterocycles. The van der Waals surface area contributed by atoms with E-state index in [-0.39, 0.29) is 11.3 Å². The first-order chi connectivity index (χ1) is 10.5. The predicted octanol–water partition coefficient (Wildman–Crippen LogP) is 3.06. The van der Waals surface area contributed by atoms with E-state index in [2.05, 4.69) is 4.74 Å². The van der Waals surface area contributed by atoms with Crippen LogP contribution >= 0.6 is 0 Å². The molecular weight excluding hydrogens is 296 g/mol. The average molecular weight is 307 g/mol. The largest absolute Gasteiger partial charge is 0.494 e. The van der Waals surface area contributed by atoms with Gasteiger partial charge in [-0.15, -0.1) is 5.12 Å². The Morgan fingerprint density at radius 3 is 2.32 bits per heavy atom. The van der Waals surface area contributed by atoms with E-state index in [0.29, 0.717) is 0 Å². The number of rotatable bonds is 4. The SMILES string of the molecule is COc1ccc(C(=O)O)c(N(F)C(=O)c2ccccc2)c1F. The molecule has 0 bridgehead atoms. The summed E-state index contributed by atoms with van der Waals surface area (Å²) in [5.41, 5.74) is -1.74. The van der Waals surface area contributed by atoms with Crippen molar-refractivity contribution in [2.24, 2.45) is 0 Å². The molecule has 22 heavy (non-hydrogen) atoms. The summed E-state index contributed by atoms with van der Waals surface area (Å²) in [6, 6.07) is 9.28. The molecule has 0 atom stereocenters. The van der Waals surface area contributed by atoms with E-state index in [4.69, 9.17) is 5.11 Å². The molecule has 0 aliphatic carbocycles. The van der Waals surface area contributed by atoms with E-state index in [1.54, 1.807) is 6.07 Å². The molecule has 2 rings (SSSR count). The lowest BCUT2D eigenvalue weighted by molar-refractivity contribution is 0.0696. The molecule has 1 N–H and O–H groups in total. The molecule has 2 aromatic carbocycles. The Kier molecular flexibility index (Phi) is 4.36. The standard InChI is InChI=1S/C15H11F2NO4/c1-22-11-8-7-10(15(20)21)13(12(11)16)18(17)14(19)9-5-3-2-4-6-9/h2-8H,1H3,(H,20,21). The highest BCUT2D eigenvalue weighted by Crippen LogP contribution is 2.32. The smallest absolute Gasteiger partial charge is 0.338 e. The summed E-state index contributed by atoms with van der Waals surface area (Å²) in [6.45, 7) is 0. The Bertz CT molecular complexity index is 719. The maximum Gasteiger partial charge on any atom is 0.338 e. The van der Waals surface area contributed by atoms with Crippen LogP contribution in [-0.4, -0.2) is 24.1 Å². The second kappa shape index (κ2) is 6.21. The maximum absolute atomic E-state index is 14.3. The molecule has 0 saturated carbocycles. The second-order valence-corrected chi connectivity index (χ2v) is 4.24. The maximum atomic E-state index is 14.3. The average Bonchev–Trinajstić information content (AvgIpc) is 2.53. The van der Waals surface area contributed by atoms with Gasteiger partial charge in [-0.05, 0) is 24.3 Å². The highest BCUT2D eigenvalue weighted by atomic mass is 19.2. The molecular formula is C15H11F2NO4. The van der Waals surface area contributed by atoms with Crippen LogP contribution in [0.2, 0.25) is 0 Å². The molecule has 0 aliphatic rings. The van der Waals surface area contributed by atoms with Gasteiger partial charge >= 0.3 is 5.97 Å². The number of nitrogens with zero attached hydrogens (tertiary/aromatic N) is 1. The van der Waals surface area contributed by atoms with Gasteiger partial charge in [0.1, 0.15) is 5.69 Å². The van der Waals surface area contributed by atoms with Crippen molar-refractivity contribution in [1.82, 2.24) is 0 Å². The van der Waals surface area contributed by atoms with Crippen molar-refractivity contribution in [2.75, 3.05) is 12.2 Å². The van der Waals surface area contributed by atoms with Crippen molar-refractivity contribution in [3.8, 4) is 5.75 Å². The summed E-state index contributed by atoms with van der Waals surface area (Å²) in [6.07, 6.45) is 0. The number of benzene rings is 2. The van der Waals surface area contributed by atoms with Gasteiger partial charge in [-0.25, -0.2) is 9.18 Å². The minimum Gasteiger partial charge on any atom is -0.494 e. The van der Waals surface area contributed by atoms with Crippen LogP contribution in [-0.2, 0) is 0 Å². The molecule has 0 radical (unpaired) electrons. The Balaban J connectivity index is 2.55. The van der Waals surface area contributed by atoms with Gasteiger partial charge in [-0.2, -0.15) is 0 Å². The van der Waals surface area contributed by atoms with Gasteiger partial charge in [0, 0.05) is 5.56 Å². The van der Waals surface area contributed by atoms with E-state index < -0.39 is 34.1 Å². The number of halogens is 2. The normalized spacial score (nSPS) is 10.1. The number of carbonyl (C=O) groups is 2. The molecule has 0 spiro atoms. The van der Waals surface area contributed by atoms with Gasteiger partial charge in [-0.3, -0.25) is 4.79 Å². The summed E-state index contributed by atoms with van der Waals surface area (Å²) >= 11 is 0. The summed E-state index contributed by atoms with van der Waals surface area (Å²) in [7, 11) is 1.14. The first-order valence-electron chi connectivity index (χ1n) is 6.12. The zero-order chi connectivity index (χ0) is 16.3. The molecule has 0 aliphatic heterocycles.